The van der Waals surface area contributed by atoms with E-state index in [0.29, 0.717) is 11.3 Å². The van der Waals surface area contributed by atoms with Crippen LogP contribution in [0.3, 0.4) is 0 Å². The number of nitrogens with zero attached hydrogens (tertiary/aromatic N) is 2. The van der Waals surface area contributed by atoms with Gasteiger partial charge in [0.15, 0.2) is 0 Å². The Hall–Kier alpha value is -3.26. The quantitative estimate of drug-likeness (QED) is 0.804. The molecule has 3 rings (SSSR count). The highest BCUT2D eigenvalue weighted by Crippen LogP contribution is 2.33. The third-order valence-corrected chi connectivity index (χ3v) is 3.88. The minimum Gasteiger partial charge on any atom is -0.496 e. The average Bonchev–Trinajstić information content (AvgIpc) is 2.94. The predicted molar refractivity (Wildman–Crippen MR) is 86.6 cm³/mol. The van der Waals surface area contributed by atoms with Gasteiger partial charge in [0.05, 0.1) is 18.7 Å². The zero-order valence-electron chi connectivity index (χ0n) is 12.7. The normalized spacial score (nSPS) is 10.5. The molecule has 23 heavy (non-hydrogen) atoms. The van der Waals surface area contributed by atoms with E-state index in [4.69, 9.17) is 4.74 Å². The summed E-state index contributed by atoms with van der Waals surface area (Å²) in [5.41, 5.74) is 3.28. The third kappa shape index (κ3) is 2.40. The molecule has 0 fully saturated rings. The molecular formula is C18H14N2O3. The summed E-state index contributed by atoms with van der Waals surface area (Å²) in [6.07, 6.45) is 1.93. The molecule has 0 aliphatic heterocycles. The Bertz CT molecular complexity index is 964. The number of methoxy groups -OCH3 is 1. The molecule has 0 saturated heterocycles. The van der Waals surface area contributed by atoms with Crippen LogP contribution in [-0.4, -0.2) is 22.8 Å². The first-order chi connectivity index (χ1) is 11.0. The van der Waals surface area contributed by atoms with Crippen LogP contribution >= 0.6 is 0 Å². The lowest BCUT2D eigenvalue weighted by molar-refractivity contribution is 0.0693. The number of aromatic nitrogens is 1. The maximum atomic E-state index is 11.2. The fraction of sp³-hybridized carbons (Fsp3) is 0.111. The number of hydrogen-bond acceptors (Lipinski definition) is 3. The number of benzene rings is 2. The van der Waals surface area contributed by atoms with Crippen molar-refractivity contribution in [2.45, 2.75) is 0 Å². The first-order valence-electron chi connectivity index (χ1n) is 6.96. The Morgan fingerprint density at radius 2 is 2.04 bits per heavy atom. The molecule has 0 saturated carbocycles. The van der Waals surface area contributed by atoms with Crippen molar-refractivity contribution < 1.29 is 14.6 Å². The van der Waals surface area contributed by atoms with E-state index in [1.54, 1.807) is 18.2 Å². The molecule has 1 aromatic heterocycles. The summed E-state index contributed by atoms with van der Waals surface area (Å²) in [4.78, 5) is 11.2. The van der Waals surface area contributed by atoms with Crippen LogP contribution in [-0.2, 0) is 7.05 Å². The monoisotopic (exact) mass is 306 g/mol. The molecule has 0 bridgehead atoms. The van der Waals surface area contributed by atoms with Gasteiger partial charge in [0.25, 0.3) is 0 Å². The SMILES string of the molecule is COc1cc(-c2cc(C#N)cc3c2ccn3C)ccc1C(=O)O. The maximum absolute atomic E-state index is 11.2. The van der Waals surface area contributed by atoms with Crippen molar-refractivity contribution in [2.24, 2.45) is 7.05 Å². The molecule has 114 valence electrons. The average molecular weight is 306 g/mol. The summed E-state index contributed by atoms with van der Waals surface area (Å²) < 4.78 is 7.14. The second-order valence-corrected chi connectivity index (χ2v) is 5.22. The number of aromatic carboxylic acids is 1. The van der Waals surface area contributed by atoms with Crippen LogP contribution in [0.5, 0.6) is 5.75 Å². The minimum atomic E-state index is -1.04. The smallest absolute Gasteiger partial charge is 0.339 e. The predicted octanol–water partition coefficient (Wildman–Crippen LogP) is 3.42. The van der Waals surface area contributed by atoms with Crippen LogP contribution in [0.25, 0.3) is 22.0 Å². The van der Waals surface area contributed by atoms with E-state index in [-0.39, 0.29) is 5.56 Å². The fourth-order valence-electron chi connectivity index (χ4n) is 2.71. The van der Waals surface area contributed by atoms with Gasteiger partial charge in [0.1, 0.15) is 11.3 Å². The second-order valence-electron chi connectivity index (χ2n) is 5.22. The van der Waals surface area contributed by atoms with E-state index in [9.17, 15) is 15.2 Å². The Morgan fingerprint density at radius 3 is 2.70 bits per heavy atom. The lowest BCUT2D eigenvalue weighted by Crippen LogP contribution is -2.00. The fourth-order valence-corrected chi connectivity index (χ4v) is 2.71. The van der Waals surface area contributed by atoms with Crippen molar-refractivity contribution in [2.75, 3.05) is 7.11 Å². The summed E-state index contributed by atoms with van der Waals surface area (Å²) >= 11 is 0. The zero-order chi connectivity index (χ0) is 16.6. The molecule has 0 spiro atoms. The van der Waals surface area contributed by atoms with Crippen LogP contribution < -0.4 is 4.74 Å². The number of carbonyl (C=O) groups is 1. The van der Waals surface area contributed by atoms with E-state index in [0.717, 1.165) is 22.0 Å². The van der Waals surface area contributed by atoms with Crippen LogP contribution in [0.1, 0.15) is 15.9 Å². The first-order valence-corrected chi connectivity index (χ1v) is 6.96. The summed E-state index contributed by atoms with van der Waals surface area (Å²) in [6.45, 7) is 0. The van der Waals surface area contributed by atoms with Gasteiger partial charge in [-0.3, -0.25) is 0 Å². The van der Waals surface area contributed by atoms with Crippen LogP contribution in [0.4, 0.5) is 0 Å². The van der Waals surface area contributed by atoms with Crippen LogP contribution in [0, 0.1) is 11.3 Å². The molecular weight excluding hydrogens is 292 g/mol. The van der Waals surface area contributed by atoms with E-state index in [1.807, 2.05) is 29.9 Å². The van der Waals surface area contributed by atoms with Gasteiger partial charge in [-0.25, -0.2) is 4.79 Å². The summed E-state index contributed by atoms with van der Waals surface area (Å²) in [6, 6.07) is 12.7. The van der Waals surface area contributed by atoms with Crippen molar-refractivity contribution in [3.63, 3.8) is 0 Å². The number of carboxylic acid groups (broad SMARTS) is 1. The molecule has 0 amide bonds. The number of carboxylic acids is 1. The Labute approximate surface area is 133 Å². The van der Waals surface area contributed by atoms with E-state index in [2.05, 4.69) is 6.07 Å². The number of fused-ring (bicyclic) bond motifs is 1. The molecule has 0 radical (unpaired) electrons. The van der Waals surface area contributed by atoms with Gasteiger partial charge in [-0.2, -0.15) is 5.26 Å². The molecule has 5 heteroatoms. The lowest BCUT2D eigenvalue weighted by Gasteiger charge is -2.10. The molecule has 0 aliphatic carbocycles. The van der Waals surface area contributed by atoms with Gasteiger partial charge >= 0.3 is 5.97 Å². The van der Waals surface area contributed by atoms with Gasteiger partial charge in [-0.05, 0) is 41.5 Å². The molecule has 5 nitrogen and oxygen atoms in total. The highest BCUT2D eigenvalue weighted by molar-refractivity contribution is 5.98. The molecule has 1 N–H and O–H groups in total. The Kier molecular flexibility index (Phi) is 3.51. The second kappa shape index (κ2) is 5.50. The molecule has 0 atom stereocenters. The van der Waals surface area contributed by atoms with Crippen LogP contribution in [0.15, 0.2) is 42.6 Å². The number of nitriles is 1. The van der Waals surface area contributed by atoms with Crippen LogP contribution in [0.2, 0.25) is 0 Å². The Balaban J connectivity index is 2.28. The van der Waals surface area contributed by atoms with E-state index in [1.165, 1.54) is 13.2 Å². The van der Waals surface area contributed by atoms with Gasteiger partial charge in [0.2, 0.25) is 0 Å². The van der Waals surface area contributed by atoms with Gasteiger partial charge in [0, 0.05) is 24.1 Å². The number of ether oxygens (including phenoxy) is 1. The molecule has 3 aromatic rings. The van der Waals surface area contributed by atoms with Gasteiger partial charge in [-0.1, -0.05) is 6.07 Å². The maximum Gasteiger partial charge on any atom is 0.339 e. The molecule has 0 aliphatic rings. The topological polar surface area (TPSA) is 75.2 Å². The largest absolute Gasteiger partial charge is 0.496 e. The van der Waals surface area contributed by atoms with Crippen molar-refractivity contribution in [3.05, 3.63) is 53.7 Å². The molecule has 2 aromatic carbocycles. The summed E-state index contributed by atoms with van der Waals surface area (Å²) in [5, 5.41) is 19.4. The standard InChI is InChI=1S/C18H14N2O3/c1-20-6-5-13-15(7-11(10-19)8-16(13)20)12-3-4-14(18(21)22)17(9-12)23-2/h3-9H,1-2H3,(H,21,22). The number of hydrogen-bond donors (Lipinski definition) is 1. The lowest BCUT2D eigenvalue weighted by atomic mass is 9.97. The molecule has 0 unspecified atom stereocenters. The number of rotatable bonds is 3. The molecule has 1 heterocycles. The van der Waals surface area contributed by atoms with Crippen molar-refractivity contribution in [1.29, 1.82) is 5.26 Å². The van der Waals surface area contributed by atoms with Crippen molar-refractivity contribution in [3.8, 4) is 22.9 Å². The highest BCUT2D eigenvalue weighted by atomic mass is 16.5. The van der Waals surface area contributed by atoms with Crippen molar-refractivity contribution >= 4 is 16.9 Å². The summed E-state index contributed by atoms with van der Waals surface area (Å²) in [7, 11) is 3.36. The van der Waals surface area contributed by atoms with Gasteiger partial charge in [-0.15, -0.1) is 0 Å². The van der Waals surface area contributed by atoms with E-state index >= 15 is 0 Å². The zero-order valence-corrected chi connectivity index (χ0v) is 12.7. The van der Waals surface area contributed by atoms with Gasteiger partial charge < -0.3 is 14.4 Å². The Morgan fingerprint density at radius 1 is 1.26 bits per heavy atom. The van der Waals surface area contributed by atoms with E-state index < -0.39 is 5.97 Å². The number of aryl methyl sites for hydroxylation is 1. The first kappa shape index (κ1) is 14.7. The highest BCUT2D eigenvalue weighted by Gasteiger charge is 2.14. The minimum absolute atomic E-state index is 0.108. The third-order valence-electron chi connectivity index (χ3n) is 3.88. The summed E-state index contributed by atoms with van der Waals surface area (Å²) in [5.74, 6) is -0.745. The van der Waals surface area contributed by atoms with Crippen molar-refractivity contribution in [1.82, 2.24) is 4.57 Å².